The SMILES string of the molecule is COC[C@@H](C)NC(=S)NN=C1C2CC3CC(C2)CC1C3. The maximum absolute atomic E-state index is 5.29. The third kappa shape index (κ3) is 2.98. The second kappa shape index (κ2) is 5.98. The van der Waals surface area contributed by atoms with Crippen molar-refractivity contribution in [3.05, 3.63) is 0 Å². The Morgan fingerprint density at radius 1 is 1.25 bits per heavy atom. The van der Waals surface area contributed by atoms with Gasteiger partial charge in [-0.3, -0.25) is 5.43 Å². The molecule has 112 valence electrons. The van der Waals surface area contributed by atoms with Crippen molar-refractivity contribution in [3.8, 4) is 0 Å². The Bertz CT molecular complexity index is 380. The maximum Gasteiger partial charge on any atom is 0.187 e. The molecule has 0 saturated heterocycles. The molecule has 0 aromatic rings. The van der Waals surface area contributed by atoms with Crippen LogP contribution in [0, 0.1) is 23.7 Å². The van der Waals surface area contributed by atoms with E-state index < -0.39 is 0 Å². The fraction of sp³-hybridized carbons (Fsp3) is 0.867. The minimum Gasteiger partial charge on any atom is -0.383 e. The summed E-state index contributed by atoms with van der Waals surface area (Å²) in [5, 5.41) is 8.46. The molecule has 0 unspecified atom stereocenters. The molecule has 4 nitrogen and oxygen atoms in total. The lowest BCUT2D eigenvalue weighted by molar-refractivity contribution is 0.108. The topological polar surface area (TPSA) is 45.6 Å². The average molecular weight is 295 g/mol. The summed E-state index contributed by atoms with van der Waals surface area (Å²) in [4.78, 5) is 0. The van der Waals surface area contributed by atoms with E-state index >= 15 is 0 Å². The summed E-state index contributed by atoms with van der Waals surface area (Å²) in [7, 11) is 1.70. The highest BCUT2D eigenvalue weighted by Gasteiger charge is 2.46. The summed E-state index contributed by atoms with van der Waals surface area (Å²) < 4.78 is 5.09. The lowest BCUT2D eigenvalue weighted by Crippen LogP contribution is -2.47. The number of thiocarbonyl (C=S) groups is 1. The maximum atomic E-state index is 5.29. The van der Waals surface area contributed by atoms with Crippen LogP contribution >= 0.6 is 12.2 Å². The van der Waals surface area contributed by atoms with Crippen LogP contribution in [0.5, 0.6) is 0 Å². The molecule has 0 radical (unpaired) electrons. The van der Waals surface area contributed by atoms with Crippen LogP contribution in [0.4, 0.5) is 0 Å². The van der Waals surface area contributed by atoms with Gasteiger partial charge in [0, 0.05) is 18.9 Å². The zero-order chi connectivity index (χ0) is 14.1. The molecular weight excluding hydrogens is 270 g/mol. The fourth-order valence-electron chi connectivity index (χ4n) is 4.51. The predicted octanol–water partition coefficient (Wildman–Crippen LogP) is 2.30. The Labute approximate surface area is 126 Å². The van der Waals surface area contributed by atoms with E-state index in [1.807, 2.05) is 6.92 Å². The standard InChI is InChI=1S/C15H25N3OS/c1-9(8-19-2)16-15(20)18-17-14-12-4-10-3-11(6-12)7-13(14)5-10/h9-13H,3-8H2,1-2H3,(H2,16,18,20)/t9-,10?,11?,12?,13?/m1/s1. The molecule has 5 heteroatoms. The molecule has 4 rings (SSSR count). The molecule has 0 heterocycles. The Morgan fingerprint density at radius 3 is 2.40 bits per heavy atom. The minimum atomic E-state index is 0.207. The number of hydrogen-bond donors (Lipinski definition) is 2. The second-order valence-corrected chi connectivity index (χ2v) is 7.19. The third-order valence-corrected chi connectivity index (χ3v) is 5.26. The van der Waals surface area contributed by atoms with E-state index in [0.717, 1.165) is 23.7 Å². The number of hydrazone groups is 1. The van der Waals surface area contributed by atoms with Gasteiger partial charge in [-0.2, -0.15) is 5.10 Å². The molecule has 0 aliphatic heterocycles. The van der Waals surface area contributed by atoms with Gasteiger partial charge in [-0.05, 0) is 74.9 Å². The van der Waals surface area contributed by atoms with Crippen LogP contribution in [0.2, 0.25) is 0 Å². The second-order valence-electron chi connectivity index (χ2n) is 6.78. The summed E-state index contributed by atoms with van der Waals surface area (Å²) in [6.07, 6.45) is 6.89. The molecule has 4 fully saturated rings. The highest BCUT2D eigenvalue weighted by Crippen LogP contribution is 2.52. The molecule has 0 amide bonds. The van der Waals surface area contributed by atoms with Crippen molar-refractivity contribution in [1.29, 1.82) is 0 Å². The van der Waals surface area contributed by atoms with Crippen molar-refractivity contribution in [1.82, 2.24) is 10.7 Å². The summed E-state index contributed by atoms with van der Waals surface area (Å²) >= 11 is 5.29. The first-order valence-electron chi connectivity index (χ1n) is 7.78. The smallest absolute Gasteiger partial charge is 0.187 e. The van der Waals surface area contributed by atoms with Crippen LogP contribution in [0.1, 0.15) is 39.0 Å². The molecule has 2 N–H and O–H groups in total. The Hall–Kier alpha value is -0.680. The van der Waals surface area contributed by atoms with Crippen LogP contribution in [-0.2, 0) is 4.74 Å². The molecular formula is C15H25N3OS. The van der Waals surface area contributed by atoms with E-state index in [2.05, 4.69) is 15.8 Å². The monoisotopic (exact) mass is 295 g/mol. The van der Waals surface area contributed by atoms with Crippen molar-refractivity contribution in [2.24, 2.45) is 28.8 Å². The number of nitrogens with one attached hydrogen (secondary N) is 2. The van der Waals surface area contributed by atoms with Crippen LogP contribution in [0.25, 0.3) is 0 Å². The molecule has 20 heavy (non-hydrogen) atoms. The molecule has 4 bridgehead atoms. The van der Waals surface area contributed by atoms with Gasteiger partial charge in [0.1, 0.15) is 0 Å². The zero-order valence-electron chi connectivity index (χ0n) is 12.4. The van der Waals surface area contributed by atoms with Gasteiger partial charge in [-0.15, -0.1) is 0 Å². The van der Waals surface area contributed by atoms with E-state index in [9.17, 15) is 0 Å². The van der Waals surface area contributed by atoms with Gasteiger partial charge in [0.2, 0.25) is 0 Å². The van der Waals surface area contributed by atoms with E-state index in [1.54, 1.807) is 7.11 Å². The lowest BCUT2D eigenvalue weighted by Gasteiger charge is -2.50. The highest BCUT2D eigenvalue weighted by atomic mass is 32.1. The first-order chi connectivity index (χ1) is 9.65. The summed E-state index contributed by atoms with van der Waals surface area (Å²) in [6, 6.07) is 0.207. The lowest BCUT2D eigenvalue weighted by atomic mass is 9.55. The summed E-state index contributed by atoms with van der Waals surface area (Å²) in [5.74, 6) is 3.39. The van der Waals surface area contributed by atoms with Crippen molar-refractivity contribution in [3.63, 3.8) is 0 Å². The van der Waals surface area contributed by atoms with E-state index in [1.165, 1.54) is 37.8 Å². The van der Waals surface area contributed by atoms with Crippen LogP contribution in [-0.4, -0.2) is 30.6 Å². The third-order valence-electron chi connectivity index (χ3n) is 5.06. The largest absolute Gasteiger partial charge is 0.383 e. The van der Waals surface area contributed by atoms with Crippen LogP contribution < -0.4 is 10.7 Å². The number of nitrogens with zero attached hydrogens (tertiary/aromatic N) is 1. The fourth-order valence-corrected chi connectivity index (χ4v) is 4.76. The first-order valence-corrected chi connectivity index (χ1v) is 8.19. The molecule has 1 atom stereocenters. The molecule has 4 saturated carbocycles. The van der Waals surface area contributed by atoms with E-state index in [0.29, 0.717) is 11.7 Å². The zero-order valence-corrected chi connectivity index (χ0v) is 13.2. The Balaban J connectivity index is 1.55. The predicted molar refractivity (Wildman–Crippen MR) is 84.7 cm³/mol. The molecule has 0 spiro atoms. The first kappa shape index (κ1) is 14.3. The summed E-state index contributed by atoms with van der Waals surface area (Å²) in [5.41, 5.74) is 4.44. The Kier molecular flexibility index (Phi) is 4.26. The van der Waals surface area contributed by atoms with Crippen LogP contribution in [0.3, 0.4) is 0 Å². The van der Waals surface area contributed by atoms with Gasteiger partial charge < -0.3 is 10.1 Å². The van der Waals surface area contributed by atoms with Gasteiger partial charge >= 0.3 is 0 Å². The number of rotatable bonds is 4. The van der Waals surface area contributed by atoms with Gasteiger partial charge in [0.25, 0.3) is 0 Å². The Morgan fingerprint density at radius 2 is 1.85 bits per heavy atom. The molecule has 4 aliphatic carbocycles. The quantitative estimate of drug-likeness (QED) is 0.617. The molecule has 0 aromatic carbocycles. The number of hydrogen-bond acceptors (Lipinski definition) is 3. The normalized spacial score (nSPS) is 35.8. The van der Waals surface area contributed by atoms with E-state index in [-0.39, 0.29) is 6.04 Å². The van der Waals surface area contributed by atoms with Crippen molar-refractivity contribution >= 4 is 23.0 Å². The summed E-state index contributed by atoms with van der Waals surface area (Å²) in [6.45, 7) is 2.69. The average Bonchev–Trinajstić information content (AvgIpc) is 2.37. The molecule has 0 aromatic heterocycles. The molecule has 4 aliphatic rings. The van der Waals surface area contributed by atoms with Crippen molar-refractivity contribution in [2.45, 2.75) is 45.1 Å². The van der Waals surface area contributed by atoms with Gasteiger partial charge in [0.15, 0.2) is 5.11 Å². The van der Waals surface area contributed by atoms with Gasteiger partial charge in [-0.25, -0.2) is 0 Å². The van der Waals surface area contributed by atoms with Crippen molar-refractivity contribution in [2.75, 3.05) is 13.7 Å². The highest BCUT2D eigenvalue weighted by molar-refractivity contribution is 7.80. The van der Waals surface area contributed by atoms with Crippen LogP contribution in [0.15, 0.2) is 5.10 Å². The van der Waals surface area contributed by atoms with E-state index in [4.69, 9.17) is 17.0 Å². The van der Waals surface area contributed by atoms with Crippen molar-refractivity contribution < 1.29 is 4.74 Å². The number of ether oxygens (including phenoxy) is 1. The van der Waals surface area contributed by atoms with Gasteiger partial charge in [0.05, 0.1) is 6.61 Å². The van der Waals surface area contributed by atoms with Gasteiger partial charge in [-0.1, -0.05) is 0 Å². The minimum absolute atomic E-state index is 0.207. The number of methoxy groups -OCH3 is 1.